The Morgan fingerprint density at radius 3 is 2.67 bits per heavy atom. The summed E-state index contributed by atoms with van der Waals surface area (Å²) >= 11 is 6.05. The molecule has 0 saturated heterocycles. The summed E-state index contributed by atoms with van der Waals surface area (Å²) in [6.45, 7) is 5.98. The standard InChI is InChI=1S/C13H17ClO/c1-4-6-10(3)13(15)12-9(2)7-5-8-11(12)14/h5,7-8,10H,4,6H2,1-3H3. The van der Waals surface area contributed by atoms with Crippen LogP contribution in [0.15, 0.2) is 18.2 Å². The maximum Gasteiger partial charge on any atom is 0.167 e. The van der Waals surface area contributed by atoms with E-state index in [-0.39, 0.29) is 11.7 Å². The van der Waals surface area contributed by atoms with Gasteiger partial charge in [-0.3, -0.25) is 4.79 Å². The van der Waals surface area contributed by atoms with Gasteiger partial charge in [0.25, 0.3) is 0 Å². The first-order valence-corrected chi connectivity index (χ1v) is 5.75. The monoisotopic (exact) mass is 224 g/mol. The highest BCUT2D eigenvalue weighted by molar-refractivity contribution is 6.34. The van der Waals surface area contributed by atoms with Crippen LogP contribution in [0, 0.1) is 12.8 Å². The van der Waals surface area contributed by atoms with Crippen LogP contribution in [0.3, 0.4) is 0 Å². The number of Topliss-reactive ketones (excluding diaryl/α,β-unsaturated/α-hetero) is 1. The third-order valence-corrected chi connectivity index (χ3v) is 2.95. The first kappa shape index (κ1) is 12.3. The normalized spacial score (nSPS) is 12.5. The lowest BCUT2D eigenvalue weighted by Crippen LogP contribution is -2.13. The van der Waals surface area contributed by atoms with Crippen LogP contribution in [0.25, 0.3) is 0 Å². The first-order chi connectivity index (χ1) is 7.07. The lowest BCUT2D eigenvalue weighted by molar-refractivity contribution is 0.0923. The maximum atomic E-state index is 12.1. The first-order valence-electron chi connectivity index (χ1n) is 5.37. The van der Waals surface area contributed by atoms with Crippen molar-refractivity contribution in [1.82, 2.24) is 0 Å². The number of ketones is 1. The average Bonchev–Trinajstić information content (AvgIpc) is 2.17. The van der Waals surface area contributed by atoms with Crippen molar-refractivity contribution in [2.24, 2.45) is 5.92 Å². The largest absolute Gasteiger partial charge is 0.294 e. The van der Waals surface area contributed by atoms with Crippen LogP contribution in [0.4, 0.5) is 0 Å². The van der Waals surface area contributed by atoms with Gasteiger partial charge in [-0.25, -0.2) is 0 Å². The van der Waals surface area contributed by atoms with Crippen LogP contribution < -0.4 is 0 Å². The van der Waals surface area contributed by atoms with Gasteiger partial charge in [0.05, 0.1) is 5.02 Å². The van der Waals surface area contributed by atoms with E-state index in [0.717, 1.165) is 18.4 Å². The van der Waals surface area contributed by atoms with Crippen LogP contribution in [0.5, 0.6) is 0 Å². The summed E-state index contributed by atoms with van der Waals surface area (Å²) in [5.74, 6) is 0.230. The van der Waals surface area contributed by atoms with Crippen molar-refractivity contribution in [2.75, 3.05) is 0 Å². The van der Waals surface area contributed by atoms with E-state index in [1.54, 1.807) is 6.07 Å². The van der Waals surface area contributed by atoms with Crippen LogP contribution in [-0.2, 0) is 0 Å². The van der Waals surface area contributed by atoms with Gasteiger partial charge >= 0.3 is 0 Å². The Morgan fingerprint density at radius 2 is 2.13 bits per heavy atom. The maximum absolute atomic E-state index is 12.1. The van der Waals surface area contributed by atoms with Gasteiger partial charge in [-0.15, -0.1) is 0 Å². The second-order valence-electron chi connectivity index (χ2n) is 3.99. The molecule has 82 valence electrons. The predicted octanol–water partition coefficient (Wildman–Crippen LogP) is 4.27. The SMILES string of the molecule is CCCC(C)C(=O)c1c(C)cccc1Cl. The number of carbonyl (C=O) groups excluding carboxylic acids is 1. The summed E-state index contributed by atoms with van der Waals surface area (Å²) in [5.41, 5.74) is 1.66. The summed E-state index contributed by atoms with van der Waals surface area (Å²) in [4.78, 5) is 12.1. The molecule has 1 atom stereocenters. The molecular formula is C13H17ClO. The molecule has 0 heterocycles. The van der Waals surface area contributed by atoms with Gasteiger partial charge in [-0.05, 0) is 25.0 Å². The third kappa shape index (κ3) is 2.82. The number of aryl methyl sites for hydroxylation is 1. The summed E-state index contributed by atoms with van der Waals surface area (Å²) in [6.07, 6.45) is 1.94. The van der Waals surface area contributed by atoms with E-state index >= 15 is 0 Å². The topological polar surface area (TPSA) is 17.1 Å². The van der Waals surface area contributed by atoms with Crippen molar-refractivity contribution in [1.29, 1.82) is 0 Å². The average molecular weight is 225 g/mol. The molecule has 0 aliphatic heterocycles. The molecule has 0 radical (unpaired) electrons. The molecule has 1 rings (SSSR count). The van der Waals surface area contributed by atoms with Gasteiger partial charge in [0.2, 0.25) is 0 Å². The highest BCUT2D eigenvalue weighted by Crippen LogP contribution is 2.24. The molecular weight excluding hydrogens is 208 g/mol. The van der Waals surface area contributed by atoms with Gasteiger partial charge in [-0.1, -0.05) is 44.0 Å². The van der Waals surface area contributed by atoms with Gasteiger partial charge in [-0.2, -0.15) is 0 Å². The van der Waals surface area contributed by atoms with Gasteiger partial charge in [0.15, 0.2) is 5.78 Å². The van der Waals surface area contributed by atoms with Crippen LogP contribution in [0.1, 0.15) is 42.6 Å². The quantitative estimate of drug-likeness (QED) is 0.699. The highest BCUT2D eigenvalue weighted by atomic mass is 35.5. The summed E-state index contributed by atoms with van der Waals surface area (Å²) in [6, 6.07) is 5.58. The molecule has 2 heteroatoms. The Balaban J connectivity index is 3.00. The molecule has 0 spiro atoms. The van der Waals surface area contributed by atoms with E-state index < -0.39 is 0 Å². The Hall–Kier alpha value is -0.820. The van der Waals surface area contributed by atoms with Gasteiger partial charge < -0.3 is 0 Å². The van der Waals surface area contributed by atoms with Crippen LogP contribution in [-0.4, -0.2) is 5.78 Å². The van der Waals surface area contributed by atoms with Gasteiger partial charge in [0, 0.05) is 11.5 Å². The summed E-state index contributed by atoms with van der Waals surface area (Å²) in [7, 11) is 0. The number of rotatable bonds is 4. The molecule has 1 aromatic rings. The smallest absolute Gasteiger partial charge is 0.167 e. The second kappa shape index (κ2) is 5.32. The van der Waals surface area contributed by atoms with Gasteiger partial charge in [0.1, 0.15) is 0 Å². The number of benzene rings is 1. The van der Waals surface area contributed by atoms with Crippen molar-refractivity contribution in [3.05, 3.63) is 34.3 Å². The van der Waals surface area contributed by atoms with E-state index in [0.29, 0.717) is 10.6 Å². The lowest BCUT2D eigenvalue weighted by atomic mass is 9.93. The fourth-order valence-corrected chi connectivity index (χ4v) is 2.07. The molecule has 0 aromatic heterocycles. The summed E-state index contributed by atoms with van der Waals surface area (Å²) in [5, 5.41) is 0.572. The molecule has 1 unspecified atom stereocenters. The number of hydrogen-bond acceptors (Lipinski definition) is 1. The number of halogens is 1. The third-order valence-electron chi connectivity index (χ3n) is 2.64. The molecule has 0 amide bonds. The minimum absolute atomic E-state index is 0.0635. The molecule has 0 aliphatic rings. The summed E-state index contributed by atoms with van der Waals surface area (Å²) < 4.78 is 0. The van der Waals surface area contributed by atoms with Crippen LogP contribution >= 0.6 is 11.6 Å². The van der Waals surface area contributed by atoms with E-state index in [2.05, 4.69) is 6.92 Å². The van der Waals surface area contributed by atoms with Crippen molar-refractivity contribution < 1.29 is 4.79 Å². The molecule has 15 heavy (non-hydrogen) atoms. The fraction of sp³-hybridized carbons (Fsp3) is 0.462. The molecule has 1 nitrogen and oxygen atoms in total. The molecule has 0 N–H and O–H groups in total. The minimum Gasteiger partial charge on any atom is -0.294 e. The van der Waals surface area contributed by atoms with Crippen molar-refractivity contribution in [2.45, 2.75) is 33.6 Å². The zero-order valence-electron chi connectivity index (χ0n) is 9.51. The Labute approximate surface area is 96.5 Å². The number of carbonyl (C=O) groups is 1. The van der Waals surface area contributed by atoms with Crippen molar-refractivity contribution >= 4 is 17.4 Å². The van der Waals surface area contributed by atoms with Crippen molar-refractivity contribution in [3.63, 3.8) is 0 Å². The highest BCUT2D eigenvalue weighted by Gasteiger charge is 2.18. The second-order valence-corrected chi connectivity index (χ2v) is 4.39. The fourth-order valence-electron chi connectivity index (χ4n) is 1.75. The molecule has 0 bridgehead atoms. The Kier molecular flexibility index (Phi) is 4.34. The number of hydrogen-bond donors (Lipinski definition) is 0. The Morgan fingerprint density at radius 1 is 1.47 bits per heavy atom. The van der Waals surface area contributed by atoms with E-state index in [9.17, 15) is 4.79 Å². The lowest BCUT2D eigenvalue weighted by Gasteiger charge is -2.12. The van der Waals surface area contributed by atoms with E-state index in [1.165, 1.54) is 0 Å². The predicted molar refractivity (Wildman–Crippen MR) is 64.6 cm³/mol. The molecule has 1 aromatic carbocycles. The van der Waals surface area contributed by atoms with E-state index in [1.807, 2.05) is 26.0 Å². The molecule has 0 fully saturated rings. The zero-order chi connectivity index (χ0) is 11.4. The molecule has 0 saturated carbocycles. The Bertz CT molecular complexity index is 337. The minimum atomic E-state index is 0.0635. The van der Waals surface area contributed by atoms with E-state index in [4.69, 9.17) is 11.6 Å². The zero-order valence-corrected chi connectivity index (χ0v) is 10.3. The molecule has 0 aliphatic carbocycles. The van der Waals surface area contributed by atoms with Crippen molar-refractivity contribution in [3.8, 4) is 0 Å². The van der Waals surface area contributed by atoms with Crippen LogP contribution in [0.2, 0.25) is 5.02 Å².